The van der Waals surface area contributed by atoms with Crippen LogP contribution in [0, 0.1) is 0 Å². The molecule has 26 heavy (non-hydrogen) atoms. The van der Waals surface area contributed by atoms with E-state index in [1.807, 2.05) is 29.3 Å². The summed E-state index contributed by atoms with van der Waals surface area (Å²) < 4.78 is 5.31. The van der Waals surface area contributed by atoms with Crippen LogP contribution in [0.4, 0.5) is 5.82 Å². The summed E-state index contributed by atoms with van der Waals surface area (Å²) in [5.41, 5.74) is 0.539. The number of rotatable bonds is 5. The molecule has 140 valence electrons. The highest BCUT2D eigenvalue weighted by atomic mass is 32.1. The summed E-state index contributed by atoms with van der Waals surface area (Å²) in [7, 11) is 5.58. The van der Waals surface area contributed by atoms with E-state index in [9.17, 15) is 4.79 Å². The largest absolute Gasteiger partial charge is 0.478 e. The van der Waals surface area contributed by atoms with Crippen molar-refractivity contribution in [3.8, 4) is 5.88 Å². The maximum absolute atomic E-state index is 12.8. The van der Waals surface area contributed by atoms with Crippen molar-refractivity contribution < 1.29 is 9.53 Å². The minimum atomic E-state index is -0.000725. The standard InChI is InChI=1S/C17H24N6O2S/c1-21(2)11-14-20-13(12-26-14)17(24)23-8-4-7-22(9-10-23)15-16(25-3)19-6-5-18-15/h5-6,12H,4,7-11H2,1-3H3. The van der Waals surface area contributed by atoms with Gasteiger partial charge in [-0.3, -0.25) is 4.79 Å². The van der Waals surface area contributed by atoms with Crippen LogP contribution in [0.25, 0.3) is 0 Å². The van der Waals surface area contributed by atoms with Gasteiger partial charge < -0.3 is 19.4 Å². The first-order valence-electron chi connectivity index (χ1n) is 8.57. The lowest BCUT2D eigenvalue weighted by Gasteiger charge is -2.23. The van der Waals surface area contributed by atoms with E-state index in [2.05, 4.69) is 19.9 Å². The van der Waals surface area contributed by atoms with Crippen molar-refractivity contribution >= 4 is 23.1 Å². The average Bonchev–Trinajstić information content (AvgIpc) is 2.95. The highest BCUT2D eigenvalue weighted by Crippen LogP contribution is 2.23. The summed E-state index contributed by atoms with van der Waals surface area (Å²) in [6.07, 6.45) is 4.14. The molecule has 1 fully saturated rings. The number of nitrogens with zero attached hydrogens (tertiary/aromatic N) is 6. The van der Waals surface area contributed by atoms with Crippen LogP contribution < -0.4 is 9.64 Å². The molecule has 0 aliphatic carbocycles. The number of ether oxygens (including phenoxy) is 1. The van der Waals surface area contributed by atoms with Gasteiger partial charge in [0.15, 0.2) is 5.82 Å². The SMILES string of the molecule is COc1nccnc1N1CCCN(C(=O)c2csc(CN(C)C)n2)CC1. The number of hydrogen-bond acceptors (Lipinski definition) is 8. The van der Waals surface area contributed by atoms with Gasteiger partial charge in [0.05, 0.1) is 7.11 Å². The van der Waals surface area contributed by atoms with Crippen molar-refractivity contribution in [2.24, 2.45) is 0 Å². The molecule has 1 amide bonds. The predicted octanol–water partition coefficient (Wildman–Crippen LogP) is 1.36. The molecule has 3 rings (SSSR count). The van der Waals surface area contributed by atoms with Crippen molar-refractivity contribution in [3.05, 3.63) is 28.5 Å². The molecule has 1 aliphatic rings. The van der Waals surface area contributed by atoms with Crippen LogP contribution >= 0.6 is 11.3 Å². The number of hydrogen-bond donors (Lipinski definition) is 0. The van der Waals surface area contributed by atoms with Crippen molar-refractivity contribution in [2.45, 2.75) is 13.0 Å². The Balaban J connectivity index is 1.66. The lowest BCUT2D eigenvalue weighted by atomic mass is 10.3. The van der Waals surface area contributed by atoms with Crippen molar-refractivity contribution in [3.63, 3.8) is 0 Å². The Morgan fingerprint density at radius 3 is 2.81 bits per heavy atom. The number of methoxy groups -OCH3 is 1. The second-order valence-corrected chi connectivity index (χ2v) is 7.33. The van der Waals surface area contributed by atoms with E-state index in [0.717, 1.165) is 30.3 Å². The quantitative estimate of drug-likeness (QED) is 0.780. The summed E-state index contributed by atoms with van der Waals surface area (Å²) >= 11 is 1.53. The summed E-state index contributed by atoms with van der Waals surface area (Å²) in [6, 6.07) is 0. The van der Waals surface area contributed by atoms with E-state index in [0.29, 0.717) is 31.2 Å². The van der Waals surface area contributed by atoms with Crippen LogP contribution in [-0.2, 0) is 6.54 Å². The topological polar surface area (TPSA) is 74.7 Å². The fraction of sp³-hybridized carbons (Fsp3) is 0.529. The zero-order valence-electron chi connectivity index (χ0n) is 15.4. The van der Waals surface area contributed by atoms with Crippen LogP contribution in [-0.4, -0.2) is 78.0 Å². The molecule has 2 aromatic rings. The third kappa shape index (κ3) is 4.28. The Hall–Kier alpha value is -2.26. The highest BCUT2D eigenvalue weighted by molar-refractivity contribution is 7.09. The van der Waals surface area contributed by atoms with Crippen LogP contribution in [0.2, 0.25) is 0 Å². The average molecular weight is 376 g/mol. The van der Waals surface area contributed by atoms with Gasteiger partial charge in [0.1, 0.15) is 10.7 Å². The van der Waals surface area contributed by atoms with Gasteiger partial charge >= 0.3 is 0 Å². The molecule has 1 aliphatic heterocycles. The van der Waals surface area contributed by atoms with Gasteiger partial charge in [-0.1, -0.05) is 0 Å². The van der Waals surface area contributed by atoms with Crippen LogP contribution in [0.5, 0.6) is 5.88 Å². The molecular formula is C17H24N6O2S. The molecule has 0 spiro atoms. The van der Waals surface area contributed by atoms with Gasteiger partial charge in [-0.15, -0.1) is 11.3 Å². The molecule has 0 radical (unpaired) electrons. The Labute approximate surface area is 157 Å². The number of amides is 1. The molecule has 0 N–H and O–H groups in total. The fourth-order valence-electron chi connectivity index (χ4n) is 2.93. The van der Waals surface area contributed by atoms with Gasteiger partial charge in [0, 0.05) is 50.5 Å². The van der Waals surface area contributed by atoms with Crippen molar-refractivity contribution in [2.75, 3.05) is 52.3 Å². The molecule has 0 unspecified atom stereocenters. The smallest absolute Gasteiger partial charge is 0.273 e. The summed E-state index contributed by atoms with van der Waals surface area (Å²) in [6.45, 7) is 3.58. The molecule has 0 saturated carbocycles. The molecule has 9 heteroatoms. The van der Waals surface area contributed by atoms with Crippen LogP contribution in [0.1, 0.15) is 21.9 Å². The van der Waals surface area contributed by atoms with E-state index >= 15 is 0 Å². The molecular weight excluding hydrogens is 352 g/mol. The zero-order chi connectivity index (χ0) is 18.5. The second kappa shape index (κ2) is 8.41. The van der Waals surface area contributed by atoms with Crippen LogP contribution in [0.15, 0.2) is 17.8 Å². The van der Waals surface area contributed by atoms with Crippen molar-refractivity contribution in [1.82, 2.24) is 24.8 Å². The van der Waals surface area contributed by atoms with E-state index in [1.54, 1.807) is 19.5 Å². The van der Waals surface area contributed by atoms with Gasteiger partial charge in [-0.25, -0.2) is 15.0 Å². The van der Waals surface area contributed by atoms with E-state index in [1.165, 1.54) is 11.3 Å². The first-order valence-corrected chi connectivity index (χ1v) is 9.45. The molecule has 0 bridgehead atoms. The third-order valence-electron chi connectivity index (χ3n) is 4.14. The van der Waals surface area contributed by atoms with Gasteiger partial charge in [0.2, 0.25) is 0 Å². The normalized spacial score (nSPS) is 15.2. The number of carbonyl (C=O) groups excluding carboxylic acids is 1. The maximum Gasteiger partial charge on any atom is 0.273 e. The van der Waals surface area contributed by atoms with E-state index < -0.39 is 0 Å². The van der Waals surface area contributed by atoms with E-state index in [-0.39, 0.29) is 5.91 Å². The number of thiazole rings is 1. The lowest BCUT2D eigenvalue weighted by Crippen LogP contribution is -2.35. The lowest BCUT2D eigenvalue weighted by molar-refractivity contribution is 0.0761. The van der Waals surface area contributed by atoms with Gasteiger partial charge in [-0.05, 0) is 20.5 Å². The van der Waals surface area contributed by atoms with Gasteiger partial charge in [-0.2, -0.15) is 0 Å². The molecule has 0 aromatic carbocycles. The second-order valence-electron chi connectivity index (χ2n) is 6.39. The predicted molar refractivity (Wildman–Crippen MR) is 101 cm³/mol. The molecule has 2 aromatic heterocycles. The molecule has 8 nitrogen and oxygen atoms in total. The maximum atomic E-state index is 12.8. The minimum Gasteiger partial charge on any atom is -0.478 e. The summed E-state index contributed by atoms with van der Waals surface area (Å²) in [4.78, 5) is 31.9. The Kier molecular flexibility index (Phi) is 6.00. The third-order valence-corrected chi connectivity index (χ3v) is 4.98. The first-order chi connectivity index (χ1) is 12.6. The number of anilines is 1. The Morgan fingerprint density at radius 1 is 1.23 bits per heavy atom. The van der Waals surface area contributed by atoms with Gasteiger partial charge in [0.25, 0.3) is 11.8 Å². The molecule has 1 saturated heterocycles. The number of carbonyl (C=O) groups is 1. The van der Waals surface area contributed by atoms with Crippen molar-refractivity contribution in [1.29, 1.82) is 0 Å². The fourth-order valence-corrected chi connectivity index (χ4v) is 3.81. The molecule has 0 atom stereocenters. The zero-order valence-corrected chi connectivity index (χ0v) is 16.2. The monoisotopic (exact) mass is 376 g/mol. The first kappa shape index (κ1) is 18.5. The molecule has 3 heterocycles. The summed E-state index contributed by atoms with van der Waals surface area (Å²) in [5, 5.41) is 2.81. The number of aromatic nitrogens is 3. The van der Waals surface area contributed by atoms with Crippen LogP contribution in [0.3, 0.4) is 0 Å². The Bertz CT molecular complexity index is 750. The minimum absolute atomic E-state index is 0.000725. The Morgan fingerprint density at radius 2 is 2.04 bits per heavy atom. The van der Waals surface area contributed by atoms with E-state index in [4.69, 9.17) is 4.74 Å². The highest BCUT2D eigenvalue weighted by Gasteiger charge is 2.24. The summed E-state index contributed by atoms with van der Waals surface area (Å²) in [5.74, 6) is 1.24.